The largest absolute Gasteiger partial charge is 0.318 e. The fourth-order valence-corrected chi connectivity index (χ4v) is 4.14. The van der Waals surface area contributed by atoms with Gasteiger partial charge < -0.3 is 4.57 Å². The van der Waals surface area contributed by atoms with Gasteiger partial charge >= 0.3 is 0 Å². The molecule has 1 N–H and O–H groups in total. The molecule has 1 aromatic carbocycles. The van der Waals surface area contributed by atoms with Gasteiger partial charge in [-0.1, -0.05) is 17.7 Å². The van der Waals surface area contributed by atoms with Crippen LogP contribution in [0.25, 0.3) is 11.8 Å². The fourth-order valence-electron chi connectivity index (χ4n) is 3.69. The van der Waals surface area contributed by atoms with Crippen molar-refractivity contribution < 1.29 is 9.59 Å². The molecule has 0 aliphatic carbocycles. The number of amides is 2. The highest BCUT2D eigenvalue weighted by molar-refractivity contribution is 7.80. The Hall–Kier alpha value is -3.29. The summed E-state index contributed by atoms with van der Waals surface area (Å²) in [7, 11) is 0. The van der Waals surface area contributed by atoms with Crippen LogP contribution in [0.5, 0.6) is 0 Å². The maximum Gasteiger partial charge on any atom is 0.270 e. The molecule has 1 aliphatic rings. The molecule has 0 unspecified atom stereocenters. The number of aryl methyl sites for hydroxylation is 1. The Kier molecular flexibility index (Phi) is 5.47. The molecule has 0 spiro atoms. The molecule has 6 nitrogen and oxygen atoms in total. The second-order valence-electron chi connectivity index (χ2n) is 7.21. The van der Waals surface area contributed by atoms with Crippen LogP contribution in [0.3, 0.4) is 0 Å². The minimum absolute atomic E-state index is 0.00274. The Morgan fingerprint density at radius 3 is 2.52 bits per heavy atom. The lowest BCUT2D eigenvalue weighted by Crippen LogP contribution is -2.54. The number of carbonyl (C=O) groups is 2. The van der Waals surface area contributed by atoms with E-state index in [-0.39, 0.29) is 10.7 Å². The molecule has 0 bridgehead atoms. The number of hydrogen-bond acceptors (Lipinski definition) is 4. The van der Waals surface area contributed by atoms with E-state index in [2.05, 4.69) is 10.3 Å². The summed E-state index contributed by atoms with van der Waals surface area (Å²) in [5.74, 6) is -1.02. The predicted molar refractivity (Wildman–Crippen MR) is 125 cm³/mol. The molecule has 156 valence electrons. The average molecular weight is 451 g/mol. The normalized spacial score (nSPS) is 15.5. The summed E-state index contributed by atoms with van der Waals surface area (Å²) in [6.07, 6.45) is 5.04. The summed E-state index contributed by atoms with van der Waals surface area (Å²) in [5.41, 5.74) is 4.83. The van der Waals surface area contributed by atoms with Crippen LogP contribution in [0, 0.1) is 20.8 Å². The van der Waals surface area contributed by atoms with Crippen LogP contribution >= 0.6 is 23.8 Å². The number of thiocarbonyl (C=S) groups is 1. The van der Waals surface area contributed by atoms with E-state index in [0.717, 1.165) is 22.6 Å². The van der Waals surface area contributed by atoms with E-state index in [1.54, 1.807) is 43.6 Å². The third-order valence-electron chi connectivity index (χ3n) is 5.27. The van der Waals surface area contributed by atoms with Crippen molar-refractivity contribution in [2.45, 2.75) is 20.8 Å². The van der Waals surface area contributed by atoms with Gasteiger partial charge in [0, 0.05) is 34.5 Å². The number of nitrogens with one attached hydrogen (secondary N) is 1. The number of carbonyl (C=O) groups excluding carboxylic acids is 2. The molecule has 2 amide bonds. The predicted octanol–water partition coefficient (Wildman–Crippen LogP) is 4.28. The Bertz CT molecular complexity index is 1260. The first-order chi connectivity index (χ1) is 14.8. The lowest BCUT2D eigenvalue weighted by Gasteiger charge is -2.30. The van der Waals surface area contributed by atoms with Crippen molar-refractivity contribution in [2.24, 2.45) is 0 Å². The van der Waals surface area contributed by atoms with Gasteiger partial charge in [0.1, 0.15) is 5.57 Å². The molecule has 3 heterocycles. The summed E-state index contributed by atoms with van der Waals surface area (Å²) in [6.45, 7) is 5.71. The van der Waals surface area contributed by atoms with Crippen LogP contribution in [-0.2, 0) is 9.59 Å². The monoisotopic (exact) mass is 450 g/mol. The lowest BCUT2D eigenvalue weighted by molar-refractivity contribution is -0.122. The second kappa shape index (κ2) is 8.09. The number of nitrogens with zero attached hydrogens (tertiary/aromatic N) is 3. The van der Waals surface area contributed by atoms with Gasteiger partial charge in [-0.3, -0.25) is 24.8 Å². The zero-order valence-corrected chi connectivity index (χ0v) is 18.7. The highest BCUT2D eigenvalue weighted by Gasteiger charge is 2.35. The van der Waals surface area contributed by atoms with Gasteiger partial charge in [-0.15, -0.1) is 0 Å². The summed E-state index contributed by atoms with van der Waals surface area (Å²) in [5, 5.41) is 3.16. The Balaban J connectivity index is 1.79. The number of anilines is 1. The maximum absolute atomic E-state index is 13.3. The number of rotatable bonds is 3. The van der Waals surface area contributed by atoms with Gasteiger partial charge in [-0.2, -0.15) is 0 Å². The fraction of sp³-hybridized carbons (Fsp3) is 0.130. The molecular formula is C23H19ClN4O2S. The zero-order chi connectivity index (χ0) is 22.3. The molecule has 0 atom stereocenters. The molecular weight excluding hydrogens is 432 g/mol. The molecule has 0 saturated carbocycles. The first-order valence-corrected chi connectivity index (χ1v) is 10.3. The van der Waals surface area contributed by atoms with Crippen LogP contribution in [0.1, 0.15) is 22.5 Å². The third kappa shape index (κ3) is 3.66. The first kappa shape index (κ1) is 21.0. The minimum Gasteiger partial charge on any atom is -0.318 e. The molecule has 4 rings (SSSR count). The van der Waals surface area contributed by atoms with Gasteiger partial charge in [0.2, 0.25) is 0 Å². The standard InChI is InChI=1S/C23H19ClN4O2S/c1-13-11-16(15(3)27(13)17-7-9-25-10-8-17)12-18-21(29)26-23(31)28(22(18)30)20-6-4-5-19(24)14(20)2/h4-12H,1-3H3,(H,26,29,31). The number of pyridine rings is 1. The lowest BCUT2D eigenvalue weighted by atomic mass is 10.1. The zero-order valence-electron chi connectivity index (χ0n) is 17.1. The van der Waals surface area contributed by atoms with Crippen molar-refractivity contribution in [1.82, 2.24) is 14.9 Å². The van der Waals surface area contributed by atoms with Gasteiger partial charge in [0.05, 0.1) is 5.69 Å². The van der Waals surface area contributed by atoms with E-state index in [0.29, 0.717) is 16.3 Å². The summed E-state index contributed by atoms with van der Waals surface area (Å²) in [6, 6.07) is 11.0. The van der Waals surface area contributed by atoms with E-state index < -0.39 is 11.8 Å². The minimum atomic E-state index is -0.528. The maximum atomic E-state index is 13.3. The van der Waals surface area contributed by atoms with Crippen molar-refractivity contribution in [3.8, 4) is 5.69 Å². The van der Waals surface area contributed by atoms with Crippen LogP contribution < -0.4 is 10.2 Å². The topological polar surface area (TPSA) is 67.2 Å². The summed E-state index contributed by atoms with van der Waals surface area (Å²) >= 11 is 11.5. The highest BCUT2D eigenvalue weighted by Crippen LogP contribution is 2.30. The molecule has 1 saturated heterocycles. The number of hydrogen-bond donors (Lipinski definition) is 1. The SMILES string of the molecule is Cc1c(Cl)cccc1N1C(=O)C(=Cc2cc(C)n(-c3ccncc3)c2C)C(=O)NC1=S. The van der Waals surface area contributed by atoms with E-state index in [4.69, 9.17) is 23.8 Å². The van der Waals surface area contributed by atoms with Crippen LogP contribution in [0.15, 0.2) is 54.4 Å². The van der Waals surface area contributed by atoms with E-state index in [1.807, 2.05) is 36.6 Å². The number of aromatic nitrogens is 2. The molecule has 2 aromatic heterocycles. The van der Waals surface area contributed by atoms with Gasteiger partial charge in [0.25, 0.3) is 11.8 Å². The van der Waals surface area contributed by atoms with Crippen LogP contribution in [0.2, 0.25) is 5.02 Å². The van der Waals surface area contributed by atoms with Crippen molar-refractivity contribution in [3.63, 3.8) is 0 Å². The molecule has 3 aromatic rings. The van der Waals surface area contributed by atoms with Crippen molar-refractivity contribution in [1.29, 1.82) is 0 Å². The van der Waals surface area contributed by atoms with E-state index in [9.17, 15) is 9.59 Å². The number of halogens is 1. The Morgan fingerprint density at radius 1 is 1.10 bits per heavy atom. The smallest absolute Gasteiger partial charge is 0.270 e. The second-order valence-corrected chi connectivity index (χ2v) is 8.00. The van der Waals surface area contributed by atoms with Crippen molar-refractivity contribution in [2.75, 3.05) is 4.90 Å². The Labute approximate surface area is 190 Å². The highest BCUT2D eigenvalue weighted by atomic mass is 35.5. The summed E-state index contributed by atoms with van der Waals surface area (Å²) in [4.78, 5) is 31.4. The third-order valence-corrected chi connectivity index (χ3v) is 5.97. The molecule has 31 heavy (non-hydrogen) atoms. The van der Waals surface area contributed by atoms with Gasteiger partial charge in [-0.25, -0.2) is 0 Å². The molecule has 1 aliphatic heterocycles. The average Bonchev–Trinajstić information content (AvgIpc) is 3.02. The molecule has 1 fully saturated rings. The molecule has 0 radical (unpaired) electrons. The quantitative estimate of drug-likeness (QED) is 0.367. The van der Waals surface area contributed by atoms with E-state index >= 15 is 0 Å². The number of benzene rings is 1. The Morgan fingerprint density at radius 2 is 1.81 bits per heavy atom. The first-order valence-electron chi connectivity index (χ1n) is 9.55. The van der Waals surface area contributed by atoms with Gasteiger partial charge in [0.15, 0.2) is 5.11 Å². The summed E-state index contributed by atoms with van der Waals surface area (Å²) < 4.78 is 2.04. The molecule has 8 heteroatoms. The van der Waals surface area contributed by atoms with E-state index in [1.165, 1.54) is 4.90 Å². The van der Waals surface area contributed by atoms with Crippen molar-refractivity contribution >= 4 is 52.5 Å². The van der Waals surface area contributed by atoms with Crippen LogP contribution in [0.4, 0.5) is 5.69 Å². The van der Waals surface area contributed by atoms with Crippen molar-refractivity contribution in [3.05, 3.63) is 81.9 Å². The van der Waals surface area contributed by atoms with Crippen LogP contribution in [-0.4, -0.2) is 26.5 Å². The van der Waals surface area contributed by atoms with Gasteiger partial charge in [-0.05, 0) is 80.5 Å².